The van der Waals surface area contributed by atoms with Crippen molar-refractivity contribution in [1.29, 1.82) is 0 Å². The van der Waals surface area contributed by atoms with E-state index in [0.29, 0.717) is 0 Å². The maximum atomic E-state index is 13.2. The molecule has 2 aromatic rings. The summed E-state index contributed by atoms with van der Waals surface area (Å²) in [6, 6.07) is 8.22. The van der Waals surface area contributed by atoms with Crippen LogP contribution in [0.15, 0.2) is 35.7 Å². The number of thiophene rings is 1. The highest BCUT2D eigenvalue weighted by Gasteiger charge is 2.24. The Labute approximate surface area is 110 Å². The average molecular weight is 265 g/mol. The van der Waals surface area contributed by atoms with Gasteiger partial charge < -0.3 is 10.8 Å². The van der Waals surface area contributed by atoms with Crippen LogP contribution in [-0.4, -0.2) is 11.7 Å². The summed E-state index contributed by atoms with van der Waals surface area (Å²) in [5.41, 5.74) is 7.51. The summed E-state index contributed by atoms with van der Waals surface area (Å²) in [4.78, 5) is 0.898. The Morgan fingerprint density at radius 1 is 1.39 bits per heavy atom. The van der Waals surface area contributed by atoms with E-state index in [9.17, 15) is 9.50 Å². The van der Waals surface area contributed by atoms with Crippen LogP contribution in [0.25, 0.3) is 0 Å². The molecule has 0 bridgehead atoms. The van der Waals surface area contributed by atoms with E-state index in [-0.39, 0.29) is 18.3 Å². The van der Waals surface area contributed by atoms with Crippen molar-refractivity contribution in [2.24, 2.45) is 5.73 Å². The van der Waals surface area contributed by atoms with Crippen molar-refractivity contribution >= 4 is 11.3 Å². The fourth-order valence-electron chi connectivity index (χ4n) is 2.05. The predicted molar refractivity (Wildman–Crippen MR) is 72.2 cm³/mol. The van der Waals surface area contributed by atoms with E-state index < -0.39 is 6.10 Å². The molecule has 2 unspecified atom stereocenters. The van der Waals surface area contributed by atoms with Gasteiger partial charge in [0.1, 0.15) is 5.82 Å². The van der Waals surface area contributed by atoms with Gasteiger partial charge in [-0.25, -0.2) is 4.39 Å². The number of hydrogen-bond donors (Lipinski definition) is 2. The second-order valence-electron chi connectivity index (χ2n) is 4.31. The number of aliphatic hydroxyl groups excluding tert-OH is 1. The first-order valence-electron chi connectivity index (χ1n) is 5.81. The monoisotopic (exact) mass is 265 g/mol. The highest BCUT2D eigenvalue weighted by molar-refractivity contribution is 7.10. The zero-order valence-electron chi connectivity index (χ0n) is 10.1. The molecule has 4 heteroatoms. The van der Waals surface area contributed by atoms with Crippen LogP contribution in [0.5, 0.6) is 0 Å². The first kappa shape index (κ1) is 13.2. The highest BCUT2D eigenvalue weighted by Crippen LogP contribution is 2.34. The Morgan fingerprint density at radius 2 is 2.17 bits per heavy atom. The Morgan fingerprint density at radius 3 is 2.72 bits per heavy atom. The van der Waals surface area contributed by atoms with Crippen molar-refractivity contribution in [3.63, 3.8) is 0 Å². The van der Waals surface area contributed by atoms with Crippen molar-refractivity contribution in [1.82, 2.24) is 0 Å². The molecule has 0 aliphatic carbocycles. The molecule has 0 spiro atoms. The lowest BCUT2D eigenvalue weighted by Crippen LogP contribution is -2.20. The average Bonchev–Trinajstić information content (AvgIpc) is 2.76. The lowest BCUT2D eigenvalue weighted by molar-refractivity contribution is 0.150. The Bertz CT molecular complexity index is 526. The molecule has 1 aromatic heterocycles. The fourth-order valence-corrected chi connectivity index (χ4v) is 3.03. The van der Waals surface area contributed by atoms with Crippen LogP contribution in [0.3, 0.4) is 0 Å². The van der Waals surface area contributed by atoms with E-state index in [0.717, 1.165) is 16.0 Å². The van der Waals surface area contributed by atoms with Crippen molar-refractivity contribution in [3.05, 3.63) is 57.5 Å². The van der Waals surface area contributed by atoms with Gasteiger partial charge in [0, 0.05) is 17.3 Å². The minimum atomic E-state index is -0.684. The SMILES string of the molecule is Cc1ccsc1C(O)C(CN)c1cccc(F)c1. The molecule has 0 saturated heterocycles. The maximum absolute atomic E-state index is 13.2. The van der Waals surface area contributed by atoms with Crippen molar-refractivity contribution in [3.8, 4) is 0 Å². The molecular weight excluding hydrogens is 249 g/mol. The lowest BCUT2D eigenvalue weighted by Gasteiger charge is -2.21. The molecule has 0 amide bonds. The maximum Gasteiger partial charge on any atom is 0.123 e. The summed E-state index contributed by atoms with van der Waals surface area (Å²) in [6.45, 7) is 2.23. The van der Waals surface area contributed by atoms with E-state index in [1.165, 1.54) is 23.5 Å². The molecule has 0 aliphatic heterocycles. The summed E-state index contributed by atoms with van der Waals surface area (Å²) < 4.78 is 13.2. The van der Waals surface area contributed by atoms with Crippen molar-refractivity contribution in [2.45, 2.75) is 18.9 Å². The first-order valence-corrected chi connectivity index (χ1v) is 6.69. The molecule has 0 radical (unpaired) electrons. The fraction of sp³-hybridized carbons (Fsp3) is 0.286. The van der Waals surface area contributed by atoms with Crippen molar-refractivity contribution < 1.29 is 9.50 Å². The molecule has 0 saturated carbocycles. The zero-order valence-corrected chi connectivity index (χ0v) is 11.0. The molecule has 1 aromatic carbocycles. The third kappa shape index (κ3) is 2.61. The van der Waals surface area contributed by atoms with Crippen LogP contribution < -0.4 is 5.73 Å². The summed E-state index contributed by atoms with van der Waals surface area (Å²) in [5, 5.41) is 12.3. The molecular formula is C14H16FNOS. The normalized spacial score (nSPS) is 14.4. The predicted octanol–water partition coefficient (Wildman–Crippen LogP) is 2.97. The number of aryl methyl sites for hydroxylation is 1. The van der Waals surface area contributed by atoms with Gasteiger partial charge in [-0.15, -0.1) is 11.3 Å². The molecule has 2 atom stereocenters. The number of hydrogen-bond acceptors (Lipinski definition) is 3. The molecule has 2 nitrogen and oxygen atoms in total. The largest absolute Gasteiger partial charge is 0.387 e. The summed E-state index contributed by atoms with van der Waals surface area (Å²) >= 11 is 1.50. The standard InChI is InChI=1S/C14H16FNOS/c1-9-5-6-18-14(9)13(17)12(8-16)10-3-2-4-11(15)7-10/h2-7,12-13,17H,8,16H2,1H3. The van der Waals surface area contributed by atoms with Crippen molar-refractivity contribution in [2.75, 3.05) is 6.54 Å². The van der Waals surface area contributed by atoms with Crippen LogP contribution >= 0.6 is 11.3 Å². The second-order valence-corrected chi connectivity index (χ2v) is 5.26. The van der Waals surface area contributed by atoms with Gasteiger partial charge in [0.15, 0.2) is 0 Å². The molecule has 0 fully saturated rings. The topological polar surface area (TPSA) is 46.2 Å². The molecule has 3 N–H and O–H groups in total. The minimum absolute atomic E-state index is 0.280. The first-order chi connectivity index (χ1) is 8.63. The van der Waals surface area contributed by atoms with Crippen LogP contribution in [0.2, 0.25) is 0 Å². The van der Waals surface area contributed by atoms with E-state index in [1.54, 1.807) is 12.1 Å². The number of aliphatic hydroxyl groups is 1. The molecule has 96 valence electrons. The number of nitrogens with two attached hydrogens (primary N) is 1. The van der Waals surface area contributed by atoms with E-state index in [2.05, 4.69) is 0 Å². The third-order valence-electron chi connectivity index (χ3n) is 3.08. The van der Waals surface area contributed by atoms with Gasteiger partial charge in [0.25, 0.3) is 0 Å². The number of benzene rings is 1. The van der Waals surface area contributed by atoms with Crippen LogP contribution in [0.4, 0.5) is 4.39 Å². The van der Waals surface area contributed by atoms with Gasteiger partial charge in [-0.2, -0.15) is 0 Å². The van der Waals surface area contributed by atoms with Crippen LogP contribution in [0, 0.1) is 12.7 Å². The van der Waals surface area contributed by atoms with Gasteiger partial charge in [-0.3, -0.25) is 0 Å². The summed E-state index contributed by atoms with van der Waals surface area (Å²) in [6.07, 6.45) is -0.684. The van der Waals surface area contributed by atoms with Crippen LogP contribution in [-0.2, 0) is 0 Å². The Balaban J connectivity index is 2.32. The van der Waals surface area contributed by atoms with E-state index >= 15 is 0 Å². The highest BCUT2D eigenvalue weighted by atomic mass is 32.1. The smallest absolute Gasteiger partial charge is 0.123 e. The number of halogens is 1. The van der Waals surface area contributed by atoms with E-state index in [4.69, 9.17) is 5.73 Å². The van der Waals surface area contributed by atoms with Gasteiger partial charge >= 0.3 is 0 Å². The van der Waals surface area contributed by atoms with Gasteiger partial charge in [-0.1, -0.05) is 12.1 Å². The second kappa shape index (κ2) is 5.61. The lowest BCUT2D eigenvalue weighted by atomic mass is 9.91. The third-order valence-corrected chi connectivity index (χ3v) is 4.17. The van der Waals surface area contributed by atoms with Gasteiger partial charge in [-0.05, 0) is 41.6 Å². The minimum Gasteiger partial charge on any atom is -0.387 e. The molecule has 0 aliphatic rings. The van der Waals surface area contributed by atoms with Gasteiger partial charge in [0.2, 0.25) is 0 Å². The summed E-state index contributed by atoms with van der Waals surface area (Å²) in [5.74, 6) is -0.584. The van der Waals surface area contributed by atoms with Gasteiger partial charge in [0.05, 0.1) is 6.10 Å². The molecule has 2 rings (SSSR count). The van der Waals surface area contributed by atoms with E-state index in [1.807, 2.05) is 18.4 Å². The zero-order chi connectivity index (χ0) is 13.1. The quantitative estimate of drug-likeness (QED) is 0.892. The summed E-state index contributed by atoms with van der Waals surface area (Å²) in [7, 11) is 0. The Kier molecular flexibility index (Phi) is 4.11. The number of rotatable bonds is 4. The Hall–Kier alpha value is -1.23. The molecule has 18 heavy (non-hydrogen) atoms. The molecule has 1 heterocycles. The van der Waals surface area contributed by atoms with Crippen LogP contribution in [0.1, 0.15) is 28.0 Å².